The van der Waals surface area contributed by atoms with E-state index in [0.717, 1.165) is 28.9 Å². The van der Waals surface area contributed by atoms with Gasteiger partial charge in [-0.05, 0) is 30.9 Å². The third-order valence-electron chi connectivity index (χ3n) is 3.75. The van der Waals surface area contributed by atoms with Gasteiger partial charge in [0.15, 0.2) is 5.13 Å². The molecule has 0 saturated heterocycles. The number of aromatic nitrogens is 2. The van der Waals surface area contributed by atoms with Crippen LogP contribution in [0.4, 0.5) is 5.13 Å². The Morgan fingerprint density at radius 2 is 1.95 bits per heavy atom. The van der Waals surface area contributed by atoms with Crippen LogP contribution in [-0.2, 0) is 0 Å². The quantitative estimate of drug-likeness (QED) is 0.907. The third kappa shape index (κ3) is 3.32. The summed E-state index contributed by atoms with van der Waals surface area (Å²) in [5, 5.41) is 6.65. The molecule has 1 fully saturated rings. The molecule has 0 amide bonds. The van der Waals surface area contributed by atoms with Gasteiger partial charge in [0.2, 0.25) is 0 Å². The Labute approximate surface area is 118 Å². The van der Waals surface area contributed by atoms with E-state index in [0.29, 0.717) is 0 Å². The van der Waals surface area contributed by atoms with E-state index >= 15 is 0 Å². The summed E-state index contributed by atoms with van der Waals surface area (Å²) in [5.74, 6) is 0.835. The molecule has 3 nitrogen and oxygen atoms in total. The van der Waals surface area contributed by atoms with Crippen molar-refractivity contribution in [2.24, 2.45) is 5.92 Å². The first-order valence-corrected chi connectivity index (χ1v) is 7.89. The third-order valence-corrected chi connectivity index (χ3v) is 4.55. The molecule has 2 aromatic rings. The molecule has 3 rings (SSSR count). The van der Waals surface area contributed by atoms with Crippen molar-refractivity contribution in [3.8, 4) is 11.3 Å². The Morgan fingerprint density at radius 1 is 1.16 bits per heavy atom. The maximum atomic E-state index is 4.64. The van der Waals surface area contributed by atoms with E-state index in [1.165, 1.54) is 32.1 Å². The standard InChI is InChI=1S/C15H19N3S/c1-2-4-12(5-3-1)10-17-15-18-14(11-19-15)13-6-8-16-9-7-13/h6-9,11-12H,1-5,10H2,(H,17,18). The summed E-state index contributed by atoms with van der Waals surface area (Å²) in [4.78, 5) is 8.68. The minimum absolute atomic E-state index is 0.835. The van der Waals surface area contributed by atoms with Crippen LogP contribution in [0.25, 0.3) is 11.3 Å². The maximum Gasteiger partial charge on any atom is 0.183 e. The van der Waals surface area contributed by atoms with Crippen molar-refractivity contribution in [2.45, 2.75) is 32.1 Å². The summed E-state index contributed by atoms with van der Waals surface area (Å²) in [6.07, 6.45) is 10.6. The van der Waals surface area contributed by atoms with Gasteiger partial charge in [-0.1, -0.05) is 19.3 Å². The largest absolute Gasteiger partial charge is 0.361 e. The number of hydrogen-bond acceptors (Lipinski definition) is 4. The zero-order chi connectivity index (χ0) is 12.9. The molecule has 0 bridgehead atoms. The molecule has 100 valence electrons. The highest BCUT2D eigenvalue weighted by molar-refractivity contribution is 7.14. The van der Waals surface area contributed by atoms with Crippen molar-refractivity contribution in [3.05, 3.63) is 29.9 Å². The van der Waals surface area contributed by atoms with E-state index in [1.54, 1.807) is 11.3 Å². The van der Waals surface area contributed by atoms with Crippen LogP contribution in [0.15, 0.2) is 29.9 Å². The topological polar surface area (TPSA) is 37.8 Å². The van der Waals surface area contributed by atoms with Gasteiger partial charge in [-0.3, -0.25) is 4.98 Å². The molecule has 1 N–H and O–H groups in total. The van der Waals surface area contributed by atoms with E-state index < -0.39 is 0 Å². The highest BCUT2D eigenvalue weighted by Gasteiger charge is 2.13. The van der Waals surface area contributed by atoms with Crippen LogP contribution in [0.1, 0.15) is 32.1 Å². The molecule has 1 aliphatic carbocycles. The predicted octanol–water partition coefficient (Wildman–Crippen LogP) is 4.20. The summed E-state index contributed by atoms with van der Waals surface area (Å²) in [7, 11) is 0. The number of hydrogen-bond donors (Lipinski definition) is 1. The first kappa shape index (κ1) is 12.6. The molecule has 0 atom stereocenters. The summed E-state index contributed by atoms with van der Waals surface area (Å²) in [6.45, 7) is 1.07. The SMILES string of the molecule is c1cc(-c2csc(NCC3CCCCC3)n2)ccn1. The fourth-order valence-corrected chi connectivity index (χ4v) is 3.36. The van der Waals surface area contributed by atoms with Crippen molar-refractivity contribution in [1.29, 1.82) is 0 Å². The Hall–Kier alpha value is -1.42. The highest BCUT2D eigenvalue weighted by atomic mass is 32.1. The average molecular weight is 273 g/mol. The monoisotopic (exact) mass is 273 g/mol. The van der Waals surface area contributed by atoms with E-state index in [2.05, 4.69) is 20.7 Å². The second kappa shape index (κ2) is 6.15. The van der Waals surface area contributed by atoms with Gasteiger partial charge < -0.3 is 5.32 Å². The molecule has 0 unspecified atom stereocenters. The van der Waals surface area contributed by atoms with E-state index in [4.69, 9.17) is 0 Å². The van der Waals surface area contributed by atoms with Gasteiger partial charge >= 0.3 is 0 Å². The van der Waals surface area contributed by atoms with Crippen molar-refractivity contribution in [1.82, 2.24) is 9.97 Å². The Morgan fingerprint density at radius 3 is 2.74 bits per heavy atom. The molecule has 19 heavy (non-hydrogen) atoms. The van der Waals surface area contributed by atoms with E-state index in [9.17, 15) is 0 Å². The summed E-state index contributed by atoms with van der Waals surface area (Å²) in [6, 6.07) is 4.00. The van der Waals surface area contributed by atoms with Gasteiger partial charge in [0.25, 0.3) is 0 Å². The first-order chi connectivity index (χ1) is 9.42. The minimum atomic E-state index is 0.835. The molecule has 0 spiro atoms. The predicted molar refractivity (Wildman–Crippen MR) is 80.4 cm³/mol. The van der Waals surface area contributed by atoms with Gasteiger partial charge in [-0.2, -0.15) is 0 Å². The summed E-state index contributed by atoms with van der Waals surface area (Å²) >= 11 is 1.69. The Bertz CT molecular complexity index is 503. The Kier molecular flexibility index (Phi) is 4.08. The van der Waals surface area contributed by atoms with Gasteiger partial charge in [0, 0.05) is 29.9 Å². The number of nitrogens with zero attached hydrogens (tertiary/aromatic N) is 2. The zero-order valence-corrected chi connectivity index (χ0v) is 11.8. The molecule has 0 aliphatic heterocycles. The van der Waals surface area contributed by atoms with Crippen molar-refractivity contribution in [2.75, 3.05) is 11.9 Å². The van der Waals surface area contributed by atoms with Crippen molar-refractivity contribution >= 4 is 16.5 Å². The maximum absolute atomic E-state index is 4.64. The molecule has 0 radical (unpaired) electrons. The van der Waals surface area contributed by atoms with E-state index in [-0.39, 0.29) is 0 Å². The molecular formula is C15H19N3S. The second-order valence-electron chi connectivity index (χ2n) is 5.16. The normalized spacial score (nSPS) is 16.4. The van der Waals surface area contributed by atoms with Crippen LogP contribution in [0, 0.1) is 5.92 Å². The second-order valence-corrected chi connectivity index (χ2v) is 6.02. The van der Waals surface area contributed by atoms with Gasteiger partial charge in [-0.15, -0.1) is 11.3 Å². The molecule has 2 aromatic heterocycles. The molecule has 2 heterocycles. The van der Waals surface area contributed by atoms with Crippen molar-refractivity contribution < 1.29 is 0 Å². The van der Waals surface area contributed by atoms with Crippen LogP contribution in [-0.4, -0.2) is 16.5 Å². The highest BCUT2D eigenvalue weighted by Crippen LogP contribution is 2.27. The molecule has 0 aromatic carbocycles. The van der Waals surface area contributed by atoms with Gasteiger partial charge in [-0.25, -0.2) is 4.98 Å². The molecule has 4 heteroatoms. The lowest BCUT2D eigenvalue weighted by molar-refractivity contribution is 0.373. The molecule has 1 aliphatic rings. The number of anilines is 1. The van der Waals surface area contributed by atoms with Crippen LogP contribution >= 0.6 is 11.3 Å². The Balaban J connectivity index is 1.59. The fourth-order valence-electron chi connectivity index (χ4n) is 2.63. The van der Waals surface area contributed by atoms with Crippen LogP contribution in [0.5, 0.6) is 0 Å². The first-order valence-electron chi connectivity index (χ1n) is 7.01. The van der Waals surface area contributed by atoms with E-state index in [1.807, 2.05) is 24.5 Å². The van der Waals surface area contributed by atoms with Crippen LogP contribution in [0.3, 0.4) is 0 Å². The molecular weight excluding hydrogens is 254 g/mol. The number of nitrogens with one attached hydrogen (secondary N) is 1. The number of pyridine rings is 1. The zero-order valence-electron chi connectivity index (χ0n) is 11.0. The summed E-state index contributed by atoms with van der Waals surface area (Å²) < 4.78 is 0. The lowest BCUT2D eigenvalue weighted by atomic mass is 9.89. The van der Waals surface area contributed by atoms with Crippen molar-refractivity contribution in [3.63, 3.8) is 0 Å². The number of rotatable bonds is 4. The molecule has 1 saturated carbocycles. The average Bonchev–Trinajstić information content (AvgIpc) is 2.96. The smallest absolute Gasteiger partial charge is 0.183 e. The van der Waals surface area contributed by atoms with Crippen LogP contribution in [0.2, 0.25) is 0 Å². The minimum Gasteiger partial charge on any atom is -0.361 e. The fraction of sp³-hybridized carbons (Fsp3) is 0.467. The lowest BCUT2D eigenvalue weighted by Gasteiger charge is -2.21. The lowest BCUT2D eigenvalue weighted by Crippen LogP contribution is -2.16. The van der Waals surface area contributed by atoms with Gasteiger partial charge in [0.1, 0.15) is 0 Å². The number of thiazole rings is 1. The van der Waals surface area contributed by atoms with Crippen LogP contribution < -0.4 is 5.32 Å². The summed E-state index contributed by atoms with van der Waals surface area (Å²) in [5.41, 5.74) is 2.18. The van der Waals surface area contributed by atoms with Gasteiger partial charge in [0.05, 0.1) is 5.69 Å².